The van der Waals surface area contributed by atoms with E-state index in [9.17, 15) is 5.26 Å². The van der Waals surface area contributed by atoms with Crippen molar-refractivity contribution < 1.29 is 0 Å². The smallest absolute Gasteiger partial charge is 0.252 e. The van der Waals surface area contributed by atoms with Crippen LogP contribution >= 0.6 is 0 Å². The minimum absolute atomic E-state index is 0.122. The number of nitrogens with zero attached hydrogens (tertiary/aromatic N) is 3. The number of hydrogen-bond donors (Lipinski definition) is 0. The molecule has 3 nitrogen and oxygen atoms in total. The summed E-state index contributed by atoms with van der Waals surface area (Å²) in [6.45, 7) is 6.60. The quantitative estimate of drug-likeness (QED) is 0.142. The van der Waals surface area contributed by atoms with Crippen LogP contribution in [0.15, 0.2) is 249 Å². The van der Waals surface area contributed by atoms with Crippen LogP contribution in [0, 0.1) is 32.1 Å². The number of rotatable bonds is 8. The van der Waals surface area contributed by atoms with Crippen molar-refractivity contribution >= 4 is 57.2 Å². The van der Waals surface area contributed by atoms with E-state index in [1.54, 1.807) is 0 Å². The Morgan fingerprint density at radius 1 is 0.324 bits per heavy atom. The predicted octanol–water partition coefficient (Wildman–Crippen LogP) is 16.6. The zero-order valence-corrected chi connectivity index (χ0v) is 41.6. The molecule has 0 radical (unpaired) electrons. The third-order valence-electron chi connectivity index (χ3n) is 15.1. The van der Waals surface area contributed by atoms with E-state index in [2.05, 4.69) is 273 Å². The standard InChI is InChI=1S/C70H50BN3/c1-46-34-47(2)69(48(3)35-46)60-43-67-70-68(44-60)74(62-40-58(52-22-12-6-13-23-52)37-59(41-62)53-24-14-7-15-25-53)66-33-32-55(54-30-28-49(45-72)29-31-54)42-64(66)71(70)63-26-16-17-27-65(63)73(67)61-38-56(50-18-8-4-9-19-50)36-57(39-61)51-20-10-5-11-21-51/h4-44H,1-3H3. The molecule has 11 aromatic rings. The molecule has 0 saturated carbocycles. The lowest BCUT2D eigenvalue weighted by Gasteiger charge is -2.45. The first-order chi connectivity index (χ1) is 36.4. The molecular formula is C70H50BN3. The highest BCUT2D eigenvalue weighted by Crippen LogP contribution is 2.49. The SMILES string of the molecule is Cc1cc(C)c(-c2cc3c4c(c2)N(c2cc(-c5ccccc5)cc(-c5ccccc5)c2)c2ccc(-c5ccc(C#N)cc5)cc2B4c2ccccc2N3c2cc(-c3ccccc3)cc(-c3ccccc3)c2)c(C)c1. The van der Waals surface area contributed by atoms with Crippen molar-refractivity contribution in [2.45, 2.75) is 20.8 Å². The van der Waals surface area contributed by atoms with Crippen molar-refractivity contribution in [3.05, 3.63) is 271 Å². The number of hydrogen-bond acceptors (Lipinski definition) is 3. The van der Waals surface area contributed by atoms with E-state index in [0.29, 0.717) is 5.56 Å². The van der Waals surface area contributed by atoms with Gasteiger partial charge in [0.25, 0.3) is 6.71 Å². The van der Waals surface area contributed by atoms with Gasteiger partial charge < -0.3 is 9.80 Å². The Bertz CT molecular complexity index is 3840. The molecule has 0 N–H and O–H groups in total. The second-order valence-electron chi connectivity index (χ2n) is 19.8. The minimum atomic E-state index is -0.122. The molecule has 0 bridgehead atoms. The van der Waals surface area contributed by atoms with Gasteiger partial charge in [-0.25, -0.2) is 0 Å². The lowest BCUT2D eigenvalue weighted by Crippen LogP contribution is -2.61. The fourth-order valence-corrected chi connectivity index (χ4v) is 11.9. The van der Waals surface area contributed by atoms with Gasteiger partial charge in [0.1, 0.15) is 0 Å². The normalized spacial score (nSPS) is 12.2. The molecule has 0 aliphatic carbocycles. The summed E-state index contributed by atoms with van der Waals surface area (Å²) in [4.78, 5) is 5.10. The van der Waals surface area contributed by atoms with E-state index in [1.165, 1.54) is 55.3 Å². The van der Waals surface area contributed by atoms with Crippen LogP contribution in [0.1, 0.15) is 22.3 Å². The molecule has 2 heterocycles. The molecular weight excluding hydrogens is 894 g/mol. The fraction of sp³-hybridized carbons (Fsp3) is 0.0429. The van der Waals surface area contributed by atoms with E-state index in [1.807, 2.05) is 12.1 Å². The van der Waals surface area contributed by atoms with E-state index in [0.717, 1.165) is 78.6 Å². The molecule has 0 aromatic heterocycles. The second kappa shape index (κ2) is 18.3. The van der Waals surface area contributed by atoms with Crippen LogP contribution in [-0.4, -0.2) is 6.71 Å². The maximum Gasteiger partial charge on any atom is 0.252 e. The largest absolute Gasteiger partial charge is 0.311 e. The molecule has 11 aromatic carbocycles. The van der Waals surface area contributed by atoms with E-state index < -0.39 is 0 Å². The van der Waals surface area contributed by atoms with Crippen molar-refractivity contribution in [3.8, 4) is 72.8 Å². The van der Waals surface area contributed by atoms with Crippen molar-refractivity contribution in [2.75, 3.05) is 9.80 Å². The van der Waals surface area contributed by atoms with Gasteiger partial charge in [-0.1, -0.05) is 181 Å². The third kappa shape index (κ3) is 7.78. The molecule has 348 valence electrons. The minimum Gasteiger partial charge on any atom is -0.311 e. The van der Waals surface area contributed by atoms with Gasteiger partial charge in [0.05, 0.1) is 11.6 Å². The summed E-state index contributed by atoms with van der Waals surface area (Å²) in [5.41, 5.74) is 28.7. The van der Waals surface area contributed by atoms with Crippen molar-refractivity contribution in [2.24, 2.45) is 0 Å². The maximum absolute atomic E-state index is 9.79. The molecule has 4 heteroatoms. The Balaban J connectivity index is 1.16. The Morgan fingerprint density at radius 2 is 0.730 bits per heavy atom. The monoisotopic (exact) mass is 943 g/mol. The number of para-hydroxylation sites is 1. The van der Waals surface area contributed by atoms with Gasteiger partial charge in [-0.15, -0.1) is 0 Å². The van der Waals surface area contributed by atoms with E-state index in [-0.39, 0.29) is 6.71 Å². The summed E-state index contributed by atoms with van der Waals surface area (Å²) in [7, 11) is 0. The van der Waals surface area contributed by atoms with Crippen LogP contribution in [0.3, 0.4) is 0 Å². The summed E-state index contributed by atoms with van der Waals surface area (Å²) in [5.74, 6) is 0. The zero-order chi connectivity index (χ0) is 49.9. The predicted molar refractivity (Wildman–Crippen MR) is 312 cm³/mol. The van der Waals surface area contributed by atoms with Gasteiger partial charge in [-0.3, -0.25) is 0 Å². The van der Waals surface area contributed by atoms with Gasteiger partial charge in [0.15, 0.2) is 0 Å². The first-order valence-corrected chi connectivity index (χ1v) is 25.5. The average Bonchev–Trinajstić information content (AvgIpc) is 3.45. The summed E-state index contributed by atoms with van der Waals surface area (Å²) in [6.07, 6.45) is 0. The van der Waals surface area contributed by atoms with E-state index in [4.69, 9.17) is 0 Å². The van der Waals surface area contributed by atoms with E-state index >= 15 is 0 Å². The lowest BCUT2D eigenvalue weighted by atomic mass is 9.33. The van der Waals surface area contributed by atoms with Gasteiger partial charge >= 0.3 is 0 Å². The molecule has 2 aliphatic heterocycles. The average molecular weight is 944 g/mol. The lowest BCUT2D eigenvalue weighted by molar-refractivity contribution is 1.25. The van der Waals surface area contributed by atoms with Crippen molar-refractivity contribution in [3.63, 3.8) is 0 Å². The first kappa shape index (κ1) is 44.5. The summed E-state index contributed by atoms with van der Waals surface area (Å²) in [5, 5.41) is 9.79. The molecule has 0 amide bonds. The third-order valence-corrected chi connectivity index (χ3v) is 15.1. The zero-order valence-electron chi connectivity index (χ0n) is 41.6. The fourth-order valence-electron chi connectivity index (χ4n) is 11.9. The van der Waals surface area contributed by atoms with Gasteiger partial charge in [-0.2, -0.15) is 5.26 Å². The molecule has 13 rings (SSSR count). The van der Waals surface area contributed by atoms with Gasteiger partial charge in [0.2, 0.25) is 0 Å². The molecule has 0 spiro atoms. The van der Waals surface area contributed by atoms with Gasteiger partial charge in [0, 0.05) is 34.1 Å². The van der Waals surface area contributed by atoms with Crippen LogP contribution in [0.5, 0.6) is 0 Å². The van der Waals surface area contributed by atoms with Crippen LogP contribution in [0.4, 0.5) is 34.1 Å². The Kier molecular flexibility index (Phi) is 11.0. The van der Waals surface area contributed by atoms with Crippen molar-refractivity contribution in [1.82, 2.24) is 0 Å². The highest BCUT2D eigenvalue weighted by atomic mass is 15.2. The van der Waals surface area contributed by atoms with Gasteiger partial charge in [-0.05, 0) is 188 Å². The van der Waals surface area contributed by atoms with Crippen LogP contribution in [0.2, 0.25) is 0 Å². The topological polar surface area (TPSA) is 30.3 Å². The molecule has 0 fully saturated rings. The Hall–Kier alpha value is -9.43. The number of anilines is 6. The molecule has 2 aliphatic rings. The molecule has 0 unspecified atom stereocenters. The number of aryl methyl sites for hydroxylation is 3. The van der Waals surface area contributed by atoms with Crippen LogP contribution < -0.4 is 26.2 Å². The molecule has 0 saturated heterocycles. The molecule has 0 atom stereocenters. The summed E-state index contributed by atoms with van der Waals surface area (Å²) >= 11 is 0. The highest BCUT2D eigenvalue weighted by molar-refractivity contribution is 7.00. The number of fused-ring (bicyclic) bond motifs is 4. The van der Waals surface area contributed by atoms with Crippen LogP contribution in [0.25, 0.3) is 66.8 Å². The highest BCUT2D eigenvalue weighted by Gasteiger charge is 2.44. The Labute approximate surface area is 434 Å². The Morgan fingerprint density at radius 3 is 1.19 bits per heavy atom. The summed E-state index contributed by atoms with van der Waals surface area (Å²) < 4.78 is 0. The maximum atomic E-state index is 9.79. The first-order valence-electron chi connectivity index (χ1n) is 25.5. The number of benzene rings is 11. The van der Waals surface area contributed by atoms with Crippen LogP contribution in [-0.2, 0) is 0 Å². The second-order valence-corrected chi connectivity index (χ2v) is 19.8. The van der Waals surface area contributed by atoms with Crippen molar-refractivity contribution in [1.29, 1.82) is 5.26 Å². The molecule has 74 heavy (non-hydrogen) atoms. The summed E-state index contributed by atoms with van der Waals surface area (Å²) in [6, 6.07) is 93.3. The number of nitriles is 1.